The summed E-state index contributed by atoms with van der Waals surface area (Å²) in [5.41, 5.74) is 6.81. The highest BCUT2D eigenvalue weighted by molar-refractivity contribution is 5.91. The fraction of sp³-hybridized carbons (Fsp3) is 0.467. The number of methoxy groups -OCH3 is 2. The van der Waals surface area contributed by atoms with Crippen LogP contribution < -0.4 is 20.1 Å². The Kier molecular flexibility index (Phi) is 4.67. The highest BCUT2D eigenvalue weighted by Crippen LogP contribution is 2.33. The van der Waals surface area contributed by atoms with Crippen molar-refractivity contribution >= 4 is 22.7 Å². The van der Waals surface area contributed by atoms with Gasteiger partial charge in [0.05, 0.1) is 19.7 Å². The van der Waals surface area contributed by atoms with E-state index in [9.17, 15) is 0 Å². The Hall–Kier alpha value is -2.24. The summed E-state index contributed by atoms with van der Waals surface area (Å²) in [6.07, 6.45) is 2.21. The summed E-state index contributed by atoms with van der Waals surface area (Å²) in [6.45, 7) is 3.05. The van der Waals surface area contributed by atoms with Gasteiger partial charge in [0.1, 0.15) is 5.82 Å². The van der Waals surface area contributed by atoms with Crippen LogP contribution in [0.3, 0.4) is 0 Å². The van der Waals surface area contributed by atoms with Crippen LogP contribution >= 0.6 is 0 Å². The molecule has 1 aromatic heterocycles. The molecule has 6 nitrogen and oxygen atoms in total. The van der Waals surface area contributed by atoms with Crippen molar-refractivity contribution in [2.75, 3.05) is 38.4 Å². The van der Waals surface area contributed by atoms with Gasteiger partial charge in [-0.25, -0.2) is 4.98 Å². The third-order valence-corrected chi connectivity index (χ3v) is 3.41. The van der Waals surface area contributed by atoms with E-state index in [-0.39, 0.29) is 0 Å². The van der Waals surface area contributed by atoms with Crippen LogP contribution in [0, 0.1) is 0 Å². The third kappa shape index (κ3) is 3.09. The molecule has 0 aliphatic rings. The van der Waals surface area contributed by atoms with E-state index in [1.54, 1.807) is 20.3 Å². The average Bonchev–Trinajstić information content (AvgIpc) is 2.51. The number of nitrogens with two attached hydrogens (primary N) is 1. The zero-order valence-corrected chi connectivity index (χ0v) is 13.0. The van der Waals surface area contributed by atoms with E-state index in [0.717, 1.165) is 30.3 Å². The maximum Gasteiger partial charge on any atom is 0.227 e. The number of hydrogen-bond donors (Lipinski definition) is 1. The Balaban J connectivity index is 2.49. The van der Waals surface area contributed by atoms with Gasteiger partial charge in [0, 0.05) is 25.0 Å². The Morgan fingerprint density at radius 2 is 1.81 bits per heavy atom. The van der Waals surface area contributed by atoms with Crippen LogP contribution in [0.1, 0.15) is 19.8 Å². The van der Waals surface area contributed by atoms with Crippen LogP contribution in [0.15, 0.2) is 12.1 Å². The van der Waals surface area contributed by atoms with Crippen molar-refractivity contribution in [1.29, 1.82) is 0 Å². The minimum Gasteiger partial charge on any atom is -0.493 e. The quantitative estimate of drug-likeness (QED) is 0.881. The Morgan fingerprint density at radius 1 is 1.14 bits per heavy atom. The SMILES string of the molecule is CCCCN(C)c1nc(N)c2cc(OC)c(OC)cc2n1. The number of anilines is 2. The van der Waals surface area contributed by atoms with E-state index >= 15 is 0 Å². The van der Waals surface area contributed by atoms with Gasteiger partial charge in [-0.2, -0.15) is 4.98 Å². The van der Waals surface area contributed by atoms with Gasteiger partial charge in [0.25, 0.3) is 0 Å². The number of hydrogen-bond acceptors (Lipinski definition) is 6. The first-order chi connectivity index (χ1) is 10.1. The van der Waals surface area contributed by atoms with Gasteiger partial charge in [-0.1, -0.05) is 13.3 Å². The minimum absolute atomic E-state index is 0.444. The number of aromatic nitrogens is 2. The predicted octanol–water partition coefficient (Wildman–Crippen LogP) is 2.47. The molecule has 21 heavy (non-hydrogen) atoms. The van der Waals surface area contributed by atoms with Crippen LogP contribution in [-0.2, 0) is 0 Å². The van der Waals surface area contributed by atoms with Crippen LogP contribution in [0.2, 0.25) is 0 Å². The van der Waals surface area contributed by atoms with Crippen molar-refractivity contribution in [3.63, 3.8) is 0 Å². The molecule has 2 rings (SSSR count). The molecule has 2 N–H and O–H groups in total. The second kappa shape index (κ2) is 6.47. The minimum atomic E-state index is 0.444. The maximum atomic E-state index is 6.06. The molecule has 0 saturated heterocycles. The molecule has 0 unspecified atom stereocenters. The molecule has 2 aromatic rings. The first kappa shape index (κ1) is 15.2. The molecule has 114 valence electrons. The lowest BCUT2D eigenvalue weighted by Gasteiger charge is -2.18. The molecule has 1 aromatic carbocycles. The van der Waals surface area contributed by atoms with Gasteiger partial charge in [0.2, 0.25) is 5.95 Å². The topological polar surface area (TPSA) is 73.5 Å². The Morgan fingerprint density at radius 3 is 2.43 bits per heavy atom. The Bertz CT molecular complexity index is 631. The molecule has 6 heteroatoms. The molecular weight excluding hydrogens is 268 g/mol. The molecule has 0 fully saturated rings. The predicted molar refractivity (Wildman–Crippen MR) is 85.2 cm³/mol. The lowest BCUT2D eigenvalue weighted by Crippen LogP contribution is -2.21. The number of benzene rings is 1. The van der Waals surface area contributed by atoms with Crippen molar-refractivity contribution in [1.82, 2.24) is 9.97 Å². The zero-order valence-electron chi connectivity index (χ0n) is 13.0. The molecule has 0 aliphatic carbocycles. The van der Waals surface area contributed by atoms with E-state index < -0.39 is 0 Å². The van der Waals surface area contributed by atoms with Crippen molar-refractivity contribution in [2.24, 2.45) is 0 Å². The first-order valence-electron chi connectivity index (χ1n) is 7.01. The van der Waals surface area contributed by atoms with Crippen LogP contribution in [0.4, 0.5) is 11.8 Å². The van der Waals surface area contributed by atoms with Gasteiger partial charge < -0.3 is 20.1 Å². The fourth-order valence-corrected chi connectivity index (χ4v) is 2.13. The van der Waals surface area contributed by atoms with Gasteiger partial charge in [-0.05, 0) is 12.5 Å². The van der Waals surface area contributed by atoms with Gasteiger partial charge in [-0.3, -0.25) is 0 Å². The molecule has 0 bridgehead atoms. The molecule has 0 atom stereocenters. The summed E-state index contributed by atoms with van der Waals surface area (Å²) in [6, 6.07) is 3.63. The van der Waals surface area contributed by atoms with E-state index in [0.29, 0.717) is 23.3 Å². The zero-order chi connectivity index (χ0) is 15.4. The van der Waals surface area contributed by atoms with E-state index in [2.05, 4.69) is 16.9 Å². The monoisotopic (exact) mass is 290 g/mol. The van der Waals surface area contributed by atoms with Gasteiger partial charge >= 0.3 is 0 Å². The highest BCUT2D eigenvalue weighted by atomic mass is 16.5. The van der Waals surface area contributed by atoms with Crippen molar-refractivity contribution in [3.8, 4) is 11.5 Å². The number of rotatable bonds is 6. The van der Waals surface area contributed by atoms with Crippen LogP contribution in [0.5, 0.6) is 11.5 Å². The molecule has 0 radical (unpaired) electrons. The second-order valence-electron chi connectivity index (χ2n) is 4.91. The molecule has 0 amide bonds. The maximum absolute atomic E-state index is 6.06. The average molecular weight is 290 g/mol. The number of fused-ring (bicyclic) bond motifs is 1. The highest BCUT2D eigenvalue weighted by Gasteiger charge is 2.13. The molecule has 0 aliphatic heterocycles. The van der Waals surface area contributed by atoms with Gasteiger partial charge in [0.15, 0.2) is 11.5 Å². The van der Waals surface area contributed by atoms with Gasteiger partial charge in [-0.15, -0.1) is 0 Å². The lowest BCUT2D eigenvalue weighted by atomic mass is 10.2. The summed E-state index contributed by atoms with van der Waals surface area (Å²) < 4.78 is 10.6. The van der Waals surface area contributed by atoms with Crippen LogP contribution in [0.25, 0.3) is 10.9 Å². The second-order valence-corrected chi connectivity index (χ2v) is 4.91. The van der Waals surface area contributed by atoms with E-state index in [1.165, 1.54) is 0 Å². The largest absolute Gasteiger partial charge is 0.493 e. The van der Waals surface area contributed by atoms with Crippen molar-refractivity contribution in [2.45, 2.75) is 19.8 Å². The number of nitrogens with zero attached hydrogens (tertiary/aromatic N) is 3. The normalized spacial score (nSPS) is 10.7. The Labute approximate surface area is 124 Å². The summed E-state index contributed by atoms with van der Waals surface area (Å²) in [4.78, 5) is 11.0. The molecule has 0 saturated carbocycles. The molecular formula is C15H22N4O2. The lowest BCUT2D eigenvalue weighted by molar-refractivity contribution is 0.356. The standard InChI is InChI=1S/C15H22N4O2/c1-5-6-7-19(2)15-17-11-9-13(21-4)12(20-3)8-10(11)14(16)18-15/h8-9H,5-7H2,1-4H3,(H2,16,17,18). The summed E-state index contributed by atoms with van der Waals surface area (Å²) in [5, 5.41) is 0.764. The number of ether oxygens (including phenoxy) is 2. The summed E-state index contributed by atoms with van der Waals surface area (Å²) in [5.74, 6) is 2.32. The smallest absolute Gasteiger partial charge is 0.227 e. The van der Waals surface area contributed by atoms with E-state index in [1.807, 2.05) is 18.0 Å². The molecule has 0 spiro atoms. The third-order valence-electron chi connectivity index (χ3n) is 3.41. The van der Waals surface area contributed by atoms with Crippen LogP contribution in [-0.4, -0.2) is 37.8 Å². The van der Waals surface area contributed by atoms with Crippen molar-refractivity contribution < 1.29 is 9.47 Å². The summed E-state index contributed by atoms with van der Waals surface area (Å²) in [7, 11) is 5.16. The first-order valence-corrected chi connectivity index (χ1v) is 7.01. The number of nitrogen functional groups attached to an aromatic ring is 1. The number of unbranched alkanes of at least 4 members (excludes halogenated alkanes) is 1. The van der Waals surface area contributed by atoms with Crippen molar-refractivity contribution in [3.05, 3.63) is 12.1 Å². The fourth-order valence-electron chi connectivity index (χ4n) is 2.13. The van der Waals surface area contributed by atoms with E-state index in [4.69, 9.17) is 15.2 Å². The summed E-state index contributed by atoms with van der Waals surface area (Å²) >= 11 is 0. The molecule has 1 heterocycles.